The second-order valence-electron chi connectivity index (χ2n) is 7.69. The number of halogens is 1. The lowest BCUT2D eigenvalue weighted by Gasteiger charge is -2.26. The van der Waals surface area contributed by atoms with Gasteiger partial charge in [0.2, 0.25) is 0 Å². The Morgan fingerprint density at radius 1 is 1.27 bits per heavy atom. The Bertz CT molecular complexity index is 565. The minimum absolute atomic E-state index is 0.153. The quantitative estimate of drug-likeness (QED) is 0.767. The molecule has 0 saturated carbocycles. The number of piperidine rings is 1. The predicted molar refractivity (Wildman–Crippen MR) is 103 cm³/mol. The van der Waals surface area contributed by atoms with Gasteiger partial charge in [-0.2, -0.15) is 0 Å². The zero-order valence-corrected chi connectivity index (χ0v) is 16.8. The number of carbonyl (C=O) groups is 1. The van der Waals surface area contributed by atoms with Gasteiger partial charge in [0, 0.05) is 11.6 Å². The van der Waals surface area contributed by atoms with E-state index >= 15 is 0 Å². The SMILES string of the molecule is CC(C)(C)OC=O.COc1ccc(NC(C)C)c(F)c1C1CCNCC1. The van der Waals surface area contributed by atoms with Gasteiger partial charge in [-0.1, -0.05) is 0 Å². The van der Waals surface area contributed by atoms with Gasteiger partial charge in [0.15, 0.2) is 5.82 Å². The van der Waals surface area contributed by atoms with Crippen molar-refractivity contribution in [3.63, 3.8) is 0 Å². The molecule has 148 valence electrons. The normalized spacial score (nSPS) is 15.1. The predicted octanol–water partition coefficient (Wildman–Crippen LogP) is 4.08. The van der Waals surface area contributed by atoms with E-state index in [1.807, 2.05) is 40.7 Å². The first-order chi connectivity index (χ1) is 12.2. The van der Waals surface area contributed by atoms with Crippen LogP contribution in [0.1, 0.15) is 58.9 Å². The molecule has 0 amide bonds. The minimum Gasteiger partial charge on any atom is -0.496 e. The van der Waals surface area contributed by atoms with E-state index < -0.39 is 0 Å². The van der Waals surface area contributed by atoms with Crippen LogP contribution in [0.4, 0.5) is 10.1 Å². The Balaban J connectivity index is 0.000000412. The fourth-order valence-electron chi connectivity index (χ4n) is 2.81. The summed E-state index contributed by atoms with van der Waals surface area (Å²) in [6, 6.07) is 3.84. The van der Waals surface area contributed by atoms with Crippen molar-refractivity contribution < 1.29 is 18.7 Å². The summed E-state index contributed by atoms with van der Waals surface area (Å²) in [6.07, 6.45) is 1.91. The molecule has 5 nitrogen and oxygen atoms in total. The molecule has 0 bridgehead atoms. The van der Waals surface area contributed by atoms with Crippen LogP contribution in [0.15, 0.2) is 12.1 Å². The molecule has 0 unspecified atom stereocenters. The molecule has 1 aliphatic rings. The summed E-state index contributed by atoms with van der Waals surface area (Å²) in [6.45, 7) is 11.8. The van der Waals surface area contributed by atoms with Crippen LogP contribution in [0.3, 0.4) is 0 Å². The van der Waals surface area contributed by atoms with Gasteiger partial charge in [-0.05, 0) is 78.6 Å². The van der Waals surface area contributed by atoms with Gasteiger partial charge in [-0.3, -0.25) is 4.79 Å². The van der Waals surface area contributed by atoms with Gasteiger partial charge in [0.25, 0.3) is 6.47 Å². The summed E-state index contributed by atoms with van der Waals surface area (Å²) < 4.78 is 24.6. The van der Waals surface area contributed by atoms with E-state index in [1.165, 1.54) is 0 Å². The van der Waals surface area contributed by atoms with E-state index in [2.05, 4.69) is 15.4 Å². The highest BCUT2D eigenvalue weighted by Crippen LogP contribution is 2.37. The molecule has 0 radical (unpaired) electrons. The van der Waals surface area contributed by atoms with Crippen molar-refractivity contribution in [2.45, 2.75) is 65.0 Å². The molecule has 0 spiro atoms. The Labute approximate surface area is 156 Å². The summed E-state index contributed by atoms with van der Waals surface area (Å²) in [4.78, 5) is 9.60. The van der Waals surface area contributed by atoms with E-state index in [9.17, 15) is 9.18 Å². The topological polar surface area (TPSA) is 59.6 Å². The average molecular weight is 368 g/mol. The molecule has 0 aromatic heterocycles. The Kier molecular flexibility index (Phi) is 8.85. The van der Waals surface area contributed by atoms with E-state index in [0.717, 1.165) is 31.5 Å². The first-order valence-corrected chi connectivity index (χ1v) is 9.14. The first-order valence-electron chi connectivity index (χ1n) is 9.14. The van der Waals surface area contributed by atoms with Crippen molar-refractivity contribution in [1.29, 1.82) is 0 Å². The molecule has 26 heavy (non-hydrogen) atoms. The van der Waals surface area contributed by atoms with Crippen molar-refractivity contribution in [2.75, 3.05) is 25.5 Å². The van der Waals surface area contributed by atoms with Crippen LogP contribution >= 0.6 is 0 Å². The van der Waals surface area contributed by atoms with Crippen molar-refractivity contribution in [1.82, 2.24) is 5.32 Å². The summed E-state index contributed by atoms with van der Waals surface area (Å²) in [5, 5.41) is 6.47. The third-order valence-electron chi connectivity index (χ3n) is 3.95. The number of methoxy groups -OCH3 is 1. The highest BCUT2D eigenvalue weighted by atomic mass is 19.1. The molecule has 6 heteroatoms. The Morgan fingerprint density at radius 3 is 2.31 bits per heavy atom. The van der Waals surface area contributed by atoms with Crippen molar-refractivity contribution >= 4 is 12.2 Å². The molecule has 2 rings (SSSR count). The van der Waals surface area contributed by atoms with Crippen LogP contribution in [0, 0.1) is 5.82 Å². The molecular weight excluding hydrogens is 335 g/mol. The fraction of sp³-hybridized carbons (Fsp3) is 0.650. The highest BCUT2D eigenvalue weighted by Gasteiger charge is 2.24. The van der Waals surface area contributed by atoms with Crippen LogP contribution in [0.5, 0.6) is 5.75 Å². The standard InChI is InChI=1S/C15H23FN2O.C5H10O2/c1-10(2)18-12-4-5-13(19-3)14(15(12)16)11-6-8-17-9-7-11;1-5(2,3)7-4-6/h4-5,10-11,17-18H,6-9H2,1-3H3;4H,1-3H3. The summed E-state index contributed by atoms with van der Waals surface area (Å²) in [5.74, 6) is 0.753. The molecule has 1 aliphatic heterocycles. The Hall–Kier alpha value is -1.82. The number of nitrogens with one attached hydrogen (secondary N) is 2. The molecule has 0 atom stereocenters. The third kappa shape index (κ3) is 7.20. The number of rotatable bonds is 5. The number of hydrogen-bond acceptors (Lipinski definition) is 5. The number of carbonyl (C=O) groups excluding carboxylic acids is 1. The third-order valence-corrected chi connectivity index (χ3v) is 3.95. The van der Waals surface area contributed by atoms with Crippen molar-refractivity contribution in [3.8, 4) is 5.75 Å². The lowest BCUT2D eigenvalue weighted by atomic mass is 9.88. The molecule has 1 aromatic carbocycles. The zero-order valence-electron chi connectivity index (χ0n) is 16.8. The fourth-order valence-corrected chi connectivity index (χ4v) is 2.81. The van der Waals surface area contributed by atoms with Gasteiger partial charge in [-0.15, -0.1) is 0 Å². The Morgan fingerprint density at radius 2 is 1.88 bits per heavy atom. The minimum atomic E-state index is -0.318. The van der Waals surface area contributed by atoms with Crippen LogP contribution in [-0.2, 0) is 9.53 Å². The van der Waals surface area contributed by atoms with E-state index in [4.69, 9.17) is 4.74 Å². The lowest BCUT2D eigenvalue weighted by Crippen LogP contribution is -2.27. The summed E-state index contributed by atoms with van der Waals surface area (Å²) in [5.41, 5.74) is 0.987. The molecule has 1 aromatic rings. The maximum atomic E-state index is 14.7. The summed E-state index contributed by atoms with van der Waals surface area (Å²) >= 11 is 0. The van der Waals surface area contributed by atoms with E-state index in [0.29, 0.717) is 17.9 Å². The average Bonchev–Trinajstić information content (AvgIpc) is 2.56. The second kappa shape index (κ2) is 10.4. The van der Waals surface area contributed by atoms with Gasteiger partial charge in [-0.25, -0.2) is 4.39 Å². The summed E-state index contributed by atoms with van der Waals surface area (Å²) in [7, 11) is 1.61. The maximum Gasteiger partial charge on any atom is 0.293 e. The number of hydrogen-bond donors (Lipinski definition) is 2. The smallest absolute Gasteiger partial charge is 0.293 e. The molecule has 1 saturated heterocycles. The first kappa shape index (κ1) is 22.2. The van der Waals surface area contributed by atoms with Crippen LogP contribution in [-0.4, -0.2) is 38.3 Å². The molecular formula is C20H33FN2O3. The van der Waals surface area contributed by atoms with E-state index in [-0.39, 0.29) is 23.4 Å². The van der Waals surface area contributed by atoms with Gasteiger partial charge in [0.05, 0.1) is 12.8 Å². The van der Waals surface area contributed by atoms with Gasteiger partial charge < -0.3 is 20.1 Å². The van der Waals surface area contributed by atoms with Crippen LogP contribution in [0.25, 0.3) is 0 Å². The van der Waals surface area contributed by atoms with Crippen molar-refractivity contribution in [3.05, 3.63) is 23.5 Å². The molecule has 0 aliphatic carbocycles. The van der Waals surface area contributed by atoms with Gasteiger partial charge in [0.1, 0.15) is 11.4 Å². The van der Waals surface area contributed by atoms with Gasteiger partial charge >= 0.3 is 0 Å². The van der Waals surface area contributed by atoms with Crippen LogP contribution in [0.2, 0.25) is 0 Å². The number of anilines is 1. The number of benzene rings is 1. The second-order valence-corrected chi connectivity index (χ2v) is 7.69. The lowest BCUT2D eigenvalue weighted by molar-refractivity contribution is -0.138. The number of ether oxygens (including phenoxy) is 2. The monoisotopic (exact) mass is 368 g/mol. The molecule has 2 N–H and O–H groups in total. The maximum absolute atomic E-state index is 14.7. The van der Waals surface area contributed by atoms with Crippen LogP contribution < -0.4 is 15.4 Å². The largest absolute Gasteiger partial charge is 0.496 e. The zero-order chi connectivity index (χ0) is 19.7. The highest BCUT2D eigenvalue weighted by molar-refractivity contribution is 5.54. The van der Waals surface area contributed by atoms with Crippen molar-refractivity contribution in [2.24, 2.45) is 0 Å². The van der Waals surface area contributed by atoms with E-state index in [1.54, 1.807) is 13.2 Å². The molecule has 1 heterocycles. The molecule has 1 fully saturated rings.